The third-order valence-corrected chi connectivity index (χ3v) is 3.58. The summed E-state index contributed by atoms with van der Waals surface area (Å²) in [6, 6.07) is 14.4. The Balaban J connectivity index is 1.84. The third kappa shape index (κ3) is 6.30. The predicted octanol–water partition coefficient (Wildman–Crippen LogP) is 3.88. The van der Waals surface area contributed by atoms with Crippen molar-refractivity contribution in [3.05, 3.63) is 59.7 Å². The van der Waals surface area contributed by atoms with Crippen molar-refractivity contribution in [3.8, 4) is 11.5 Å². The molecule has 0 unspecified atom stereocenters. The number of hydrogen-bond acceptors (Lipinski definition) is 4. The lowest BCUT2D eigenvalue weighted by Gasteiger charge is -2.08. The highest BCUT2D eigenvalue weighted by atomic mass is 16.5. The lowest BCUT2D eigenvalue weighted by molar-refractivity contribution is 0.0955. The van der Waals surface area contributed by atoms with E-state index < -0.39 is 0 Å². The summed E-state index contributed by atoms with van der Waals surface area (Å²) in [5.41, 5.74) is 3.91. The SMILES string of the molecule is COc1ccc(/C=N\NC(=O)c2ccc(OCCC(C)C)cc2)cc1. The van der Waals surface area contributed by atoms with E-state index in [1.165, 1.54) is 0 Å². The van der Waals surface area contributed by atoms with Crippen LogP contribution in [0.25, 0.3) is 0 Å². The number of methoxy groups -OCH3 is 1. The number of amides is 1. The Morgan fingerprint density at radius 1 is 1.08 bits per heavy atom. The summed E-state index contributed by atoms with van der Waals surface area (Å²) in [4.78, 5) is 12.1. The summed E-state index contributed by atoms with van der Waals surface area (Å²) in [5, 5.41) is 3.97. The maximum atomic E-state index is 12.1. The molecule has 0 atom stereocenters. The van der Waals surface area contributed by atoms with Crippen LogP contribution in [-0.4, -0.2) is 25.8 Å². The Bertz CT molecular complexity index is 692. The fourth-order valence-corrected chi connectivity index (χ4v) is 2.03. The monoisotopic (exact) mass is 340 g/mol. The summed E-state index contributed by atoms with van der Waals surface area (Å²) >= 11 is 0. The number of carbonyl (C=O) groups excluding carboxylic acids is 1. The Hall–Kier alpha value is -2.82. The number of hydrogen-bond donors (Lipinski definition) is 1. The highest BCUT2D eigenvalue weighted by Gasteiger charge is 2.04. The zero-order valence-electron chi connectivity index (χ0n) is 14.9. The Morgan fingerprint density at radius 2 is 1.72 bits per heavy atom. The molecule has 5 nitrogen and oxygen atoms in total. The first-order valence-corrected chi connectivity index (χ1v) is 8.29. The molecule has 1 amide bonds. The molecular weight excluding hydrogens is 316 g/mol. The van der Waals surface area contributed by atoms with Crippen molar-refractivity contribution < 1.29 is 14.3 Å². The molecule has 0 fully saturated rings. The lowest BCUT2D eigenvalue weighted by Crippen LogP contribution is -2.17. The van der Waals surface area contributed by atoms with E-state index in [1.54, 1.807) is 37.6 Å². The number of nitrogens with zero attached hydrogens (tertiary/aromatic N) is 1. The van der Waals surface area contributed by atoms with Gasteiger partial charge in [-0.2, -0.15) is 5.10 Å². The molecule has 0 aliphatic carbocycles. The van der Waals surface area contributed by atoms with Crippen molar-refractivity contribution in [1.82, 2.24) is 5.43 Å². The van der Waals surface area contributed by atoms with Gasteiger partial charge in [-0.15, -0.1) is 0 Å². The highest BCUT2D eigenvalue weighted by Crippen LogP contribution is 2.13. The van der Waals surface area contributed by atoms with E-state index in [4.69, 9.17) is 9.47 Å². The molecule has 1 N–H and O–H groups in total. The molecule has 2 aromatic carbocycles. The molecule has 0 aliphatic heterocycles. The van der Waals surface area contributed by atoms with E-state index in [0.29, 0.717) is 18.1 Å². The molecule has 132 valence electrons. The van der Waals surface area contributed by atoms with E-state index in [2.05, 4.69) is 24.4 Å². The fourth-order valence-electron chi connectivity index (χ4n) is 2.03. The standard InChI is InChI=1S/C20H24N2O3/c1-15(2)12-13-25-19-10-6-17(7-11-19)20(23)22-21-14-16-4-8-18(24-3)9-5-16/h4-11,14-15H,12-13H2,1-3H3,(H,22,23)/b21-14-. The van der Waals surface area contributed by atoms with Crippen LogP contribution >= 0.6 is 0 Å². The molecule has 0 heterocycles. The molecule has 0 aromatic heterocycles. The second-order valence-electron chi connectivity index (χ2n) is 6.03. The quantitative estimate of drug-likeness (QED) is 0.586. The number of hydrazone groups is 1. The van der Waals surface area contributed by atoms with Crippen LogP contribution < -0.4 is 14.9 Å². The molecule has 0 saturated carbocycles. The van der Waals surface area contributed by atoms with Gasteiger partial charge in [0, 0.05) is 5.56 Å². The van der Waals surface area contributed by atoms with E-state index in [-0.39, 0.29) is 5.91 Å². The minimum absolute atomic E-state index is 0.265. The molecule has 5 heteroatoms. The first-order chi connectivity index (χ1) is 12.1. The van der Waals surface area contributed by atoms with Gasteiger partial charge >= 0.3 is 0 Å². The van der Waals surface area contributed by atoms with Crippen LogP contribution in [0.4, 0.5) is 0 Å². The van der Waals surface area contributed by atoms with E-state index in [0.717, 1.165) is 23.5 Å². The van der Waals surface area contributed by atoms with Gasteiger partial charge in [0.2, 0.25) is 0 Å². The van der Waals surface area contributed by atoms with Gasteiger partial charge in [-0.1, -0.05) is 13.8 Å². The zero-order valence-corrected chi connectivity index (χ0v) is 14.9. The highest BCUT2D eigenvalue weighted by molar-refractivity contribution is 5.95. The summed E-state index contributed by atoms with van der Waals surface area (Å²) in [6.07, 6.45) is 2.59. The largest absolute Gasteiger partial charge is 0.497 e. The number of carbonyl (C=O) groups is 1. The van der Waals surface area contributed by atoms with Crippen LogP contribution in [0.15, 0.2) is 53.6 Å². The summed E-state index contributed by atoms with van der Waals surface area (Å²) < 4.78 is 10.7. The van der Waals surface area contributed by atoms with Crippen molar-refractivity contribution >= 4 is 12.1 Å². The molecule has 2 aromatic rings. The van der Waals surface area contributed by atoms with Gasteiger partial charge in [0.15, 0.2) is 0 Å². The van der Waals surface area contributed by atoms with E-state index >= 15 is 0 Å². The molecule has 0 saturated heterocycles. The van der Waals surface area contributed by atoms with Crippen LogP contribution in [0.5, 0.6) is 11.5 Å². The first-order valence-electron chi connectivity index (χ1n) is 8.29. The van der Waals surface area contributed by atoms with Crippen molar-refractivity contribution in [1.29, 1.82) is 0 Å². The van der Waals surface area contributed by atoms with Crippen LogP contribution in [-0.2, 0) is 0 Å². The molecule has 2 rings (SSSR count). The molecule has 0 aliphatic rings. The van der Waals surface area contributed by atoms with Crippen molar-refractivity contribution in [2.45, 2.75) is 20.3 Å². The van der Waals surface area contributed by atoms with Crippen LogP contribution in [0.3, 0.4) is 0 Å². The van der Waals surface area contributed by atoms with Gasteiger partial charge < -0.3 is 9.47 Å². The number of nitrogens with one attached hydrogen (secondary N) is 1. The molecular formula is C20H24N2O3. The van der Waals surface area contributed by atoms with Gasteiger partial charge in [0.25, 0.3) is 5.91 Å². The molecule has 0 spiro atoms. The van der Waals surface area contributed by atoms with Crippen LogP contribution in [0, 0.1) is 5.92 Å². The fraction of sp³-hybridized carbons (Fsp3) is 0.300. The average molecular weight is 340 g/mol. The van der Waals surface area contributed by atoms with E-state index in [9.17, 15) is 4.79 Å². The second kappa shape index (κ2) is 9.47. The average Bonchev–Trinajstić information content (AvgIpc) is 2.62. The maximum Gasteiger partial charge on any atom is 0.271 e. The Kier molecular flexibility index (Phi) is 7.01. The molecule has 0 bridgehead atoms. The second-order valence-corrected chi connectivity index (χ2v) is 6.03. The Labute approximate surface area is 148 Å². The van der Waals surface area contributed by atoms with Crippen molar-refractivity contribution in [3.63, 3.8) is 0 Å². The van der Waals surface area contributed by atoms with Crippen molar-refractivity contribution in [2.75, 3.05) is 13.7 Å². The summed E-state index contributed by atoms with van der Waals surface area (Å²) in [6.45, 7) is 4.99. The topological polar surface area (TPSA) is 59.9 Å². The normalized spacial score (nSPS) is 10.9. The van der Waals surface area contributed by atoms with Gasteiger partial charge in [-0.05, 0) is 66.4 Å². The smallest absolute Gasteiger partial charge is 0.271 e. The minimum Gasteiger partial charge on any atom is -0.497 e. The maximum absolute atomic E-state index is 12.1. The number of ether oxygens (including phenoxy) is 2. The first kappa shape index (κ1) is 18.5. The van der Waals surface area contributed by atoms with Crippen LogP contribution in [0.1, 0.15) is 36.2 Å². The van der Waals surface area contributed by atoms with Gasteiger partial charge in [0.1, 0.15) is 11.5 Å². The number of rotatable bonds is 8. The molecule has 25 heavy (non-hydrogen) atoms. The summed E-state index contributed by atoms with van der Waals surface area (Å²) in [7, 11) is 1.62. The Morgan fingerprint density at radius 3 is 2.32 bits per heavy atom. The van der Waals surface area contributed by atoms with E-state index in [1.807, 2.05) is 24.3 Å². The van der Waals surface area contributed by atoms with Crippen LogP contribution in [0.2, 0.25) is 0 Å². The van der Waals surface area contributed by atoms with Gasteiger partial charge in [0.05, 0.1) is 19.9 Å². The minimum atomic E-state index is -0.265. The predicted molar refractivity (Wildman–Crippen MR) is 99.4 cm³/mol. The number of benzene rings is 2. The van der Waals surface area contributed by atoms with Gasteiger partial charge in [-0.25, -0.2) is 5.43 Å². The summed E-state index contributed by atoms with van der Waals surface area (Å²) in [5.74, 6) is 1.88. The lowest BCUT2D eigenvalue weighted by atomic mass is 10.1. The molecule has 0 radical (unpaired) electrons. The van der Waals surface area contributed by atoms with Crippen molar-refractivity contribution in [2.24, 2.45) is 11.0 Å². The third-order valence-electron chi connectivity index (χ3n) is 3.58. The zero-order chi connectivity index (χ0) is 18.1. The van der Waals surface area contributed by atoms with Gasteiger partial charge in [-0.3, -0.25) is 4.79 Å².